The fourth-order valence-corrected chi connectivity index (χ4v) is 5.35. The van der Waals surface area contributed by atoms with Gasteiger partial charge in [-0.15, -0.1) is 5.10 Å². The average Bonchev–Trinajstić information content (AvgIpc) is 3.15. The number of hydrogen-bond donors (Lipinski definition) is 0. The summed E-state index contributed by atoms with van der Waals surface area (Å²) in [6.07, 6.45) is 3.12. The number of likely N-dealkylation sites (tertiary alicyclic amines) is 1. The van der Waals surface area contributed by atoms with Crippen LogP contribution in [-0.2, 0) is 5.75 Å². The first-order chi connectivity index (χ1) is 15.3. The Balaban J connectivity index is 1.72. The molecule has 1 aromatic carbocycles. The van der Waals surface area contributed by atoms with Gasteiger partial charge in [-0.2, -0.15) is 0 Å². The van der Waals surface area contributed by atoms with Gasteiger partial charge < -0.3 is 4.90 Å². The van der Waals surface area contributed by atoms with E-state index >= 15 is 0 Å². The first kappa shape index (κ1) is 23.0. The molecule has 0 spiro atoms. The highest BCUT2D eigenvalue weighted by atomic mass is 35.5. The van der Waals surface area contributed by atoms with Gasteiger partial charge in [0, 0.05) is 39.8 Å². The Morgan fingerprint density at radius 2 is 1.78 bits per heavy atom. The normalized spacial score (nSPS) is 16.4. The molecule has 168 valence electrons. The van der Waals surface area contributed by atoms with Gasteiger partial charge >= 0.3 is 0 Å². The Bertz CT molecular complexity index is 1110. The molecular weight excluding hydrogens is 467 g/mol. The number of amides is 1. The quantitative estimate of drug-likeness (QED) is 0.357. The number of rotatable bonds is 5. The highest BCUT2D eigenvalue weighted by Gasteiger charge is 2.30. The number of halogens is 2. The van der Waals surface area contributed by atoms with Gasteiger partial charge in [-0.05, 0) is 64.3 Å². The zero-order chi connectivity index (χ0) is 22.8. The van der Waals surface area contributed by atoms with E-state index in [9.17, 15) is 4.79 Å². The number of carbonyl (C=O) groups is 1. The molecule has 1 amide bonds. The maximum absolute atomic E-state index is 13.4. The predicted molar refractivity (Wildman–Crippen MR) is 127 cm³/mol. The summed E-state index contributed by atoms with van der Waals surface area (Å²) in [5, 5.41) is 10.2. The number of aromatic nitrogens is 5. The van der Waals surface area contributed by atoms with Crippen LogP contribution in [0.25, 0.3) is 5.69 Å². The molecule has 0 radical (unpaired) electrons. The predicted octanol–water partition coefficient (Wildman–Crippen LogP) is 5.29. The summed E-state index contributed by atoms with van der Waals surface area (Å²) in [5.74, 6) is 0.317. The minimum absolute atomic E-state index is 0.103. The van der Waals surface area contributed by atoms with Crippen molar-refractivity contribution in [3.8, 4) is 5.69 Å². The molecule has 7 nitrogen and oxygen atoms in total. The second kappa shape index (κ2) is 9.77. The SMILES string of the molecule is Cc1cc(C)nc(SCc2c(C(=O)N3CCCCC3C)nnn2-c2cc(Cl)cc(Cl)c2)n1. The van der Waals surface area contributed by atoms with E-state index < -0.39 is 0 Å². The summed E-state index contributed by atoms with van der Waals surface area (Å²) < 4.78 is 1.63. The molecule has 1 atom stereocenters. The van der Waals surface area contributed by atoms with E-state index in [-0.39, 0.29) is 11.9 Å². The van der Waals surface area contributed by atoms with Gasteiger partial charge in [-0.25, -0.2) is 14.6 Å². The van der Waals surface area contributed by atoms with Crippen molar-refractivity contribution in [2.75, 3.05) is 6.54 Å². The molecule has 32 heavy (non-hydrogen) atoms. The maximum Gasteiger partial charge on any atom is 0.276 e. The summed E-state index contributed by atoms with van der Waals surface area (Å²) in [4.78, 5) is 24.3. The largest absolute Gasteiger partial charge is 0.334 e. The molecule has 4 rings (SSSR count). The van der Waals surface area contributed by atoms with E-state index in [2.05, 4.69) is 27.2 Å². The first-order valence-electron chi connectivity index (χ1n) is 10.5. The molecule has 1 unspecified atom stereocenters. The summed E-state index contributed by atoms with van der Waals surface area (Å²) in [7, 11) is 0. The fraction of sp³-hybridized carbons (Fsp3) is 0.409. The highest BCUT2D eigenvalue weighted by molar-refractivity contribution is 7.98. The molecule has 0 N–H and O–H groups in total. The number of piperidine rings is 1. The van der Waals surface area contributed by atoms with Crippen LogP contribution in [0, 0.1) is 13.8 Å². The van der Waals surface area contributed by atoms with Crippen LogP contribution in [0.4, 0.5) is 0 Å². The average molecular weight is 491 g/mol. The molecule has 1 fully saturated rings. The van der Waals surface area contributed by atoms with Crippen LogP contribution in [0.1, 0.15) is 53.8 Å². The number of benzene rings is 1. The smallest absolute Gasteiger partial charge is 0.276 e. The number of hydrogen-bond acceptors (Lipinski definition) is 6. The van der Waals surface area contributed by atoms with Crippen molar-refractivity contribution in [3.05, 3.63) is 57.1 Å². The van der Waals surface area contributed by atoms with Gasteiger partial charge in [0.25, 0.3) is 5.91 Å². The summed E-state index contributed by atoms with van der Waals surface area (Å²) in [6.45, 7) is 6.68. The van der Waals surface area contributed by atoms with Crippen LogP contribution < -0.4 is 0 Å². The van der Waals surface area contributed by atoms with E-state index in [1.54, 1.807) is 22.9 Å². The molecule has 0 saturated carbocycles. The third kappa shape index (κ3) is 5.08. The van der Waals surface area contributed by atoms with E-state index in [1.165, 1.54) is 11.8 Å². The summed E-state index contributed by atoms with van der Waals surface area (Å²) in [5.41, 5.74) is 3.45. The van der Waals surface area contributed by atoms with Gasteiger partial charge in [-0.1, -0.05) is 40.2 Å². The van der Waals surface area contributed by atoms with Crippen molar-refractivity contribution < 1.29 is 4.79 Å². The van der Waals surface area contributed by atoms with Crippen LogP contribution in [0.5, 0.6) is 0 Å². The van der Waals surface area contributed by atoms with Crippen molar-refractivity contribution in [3.63, 3.8) is 0 Å². The van der Waals surface area contributed by atoms with Crippen LogP contribution in [0.2, 0.25) is 10.0 Å². The van der Waals surface area contributed by atoms with Gasteiger partial charge in [0.1, 0.15) is 0 Å². The summed E-state index contributed by atoms with van der Waals surface area (Å²) >= 11 is 13.9. The second-order valence-electron chi connectivity index (χ2n) is 7.99. The molecule has 1 saturated heterocycles. The van der Waals surface area contributed by atoms with Crippen molar-refractivity contribution in [2.45, 2.75) is 57.0 Å². The summed E-state index contributed by atoms with van der Waals surface area (Å²) in [6, 6.07) is 7.26. The minimum Gasteiger partial charge on any atom is -0.334 e. The Morgan fingerprint density at radius 3 is 2.44 bits per heavy atom. The Labute approximate surface area is 201 Å². The molecule has 3 heterocycles. The lowest BCUT2D eigenvalue weighted by Crippen LogP contribution is -2.42. The molecule has 3 aromatic rings. The van der Waals surface area contributed by atoms with Crippen LogP contribution in [0.3, 0.4) is 0 Å². The molecular formula is C22H24Cl2N6OS. The Morgan fingerprint density at radius 1 is 1.09 bits per heavy atom. The van der Waals surface area contributed by atoms with E-state index in [0.717, 1.165) is 37.2 Å². The van der Waals surface area contributed by atoms with Crippen LogP contribution in [0.15, 0.2) is 29.4 Å². The molecule has 1 aliphatic heterocycles. The maximum atomic E-state index is 13.4. The van der Waals surface area contributed by atoms with Gasteiger partial charge in [0.05, 0.1) is 11.4 Å². The second-order valence-corrected chi connectivity index (χ2v) is 9.80. The third-order valence-corrected chi connectivity index (χ3v) is 6.72. The Hall–Kier alpha value is -2.16. The van der Waals surface area contributed by atoms with E-state index in [1.807, 2.05) is 24.8 Å². The lowest BCUT2D eigenvalue weighted by atomic mass is 10.0. The van der Waals surface area contributed by atoms with Crippen molar-refractivity contribution in [1.29, 1.82) is 0 Å². The number of thioether (sulfide) groups is 1. The zero-order valence-electron chi connectivity index (χ0n) is 18.2. The van der Waals surface area contributed by atoms with E-state index in [0.29, 0.717) is 38.0 Å². The van der Waals surface area contributed by atoms with Gasteiger partial charge in [0.2, 0.25) is 0 Å². The van der Waals surface area contributed by atoms with Crippen LogP contribution >= 0.6 is 35.0 Å². The van der Waals surface area contributed by atoms with Crippen LogP contribution in [-0.4, -0.2) is 48.4 Å². The van der Waals surface area contributed by atoms with Crippen molar-refractivity contribution >= 4 is 40.9 Å². The lowest BCUT2D eigenvalue weighted by molar-refractivity contribution is 0.0628. The minimum atomic E-state index is -0.103. The monoisotopic (exact) mass is 490 g/mol. The molecule has 10 heteroatoms. The number of carbonyl (C=O) groups excluding carboxylic acids is 1. The molecule has 0 aliphatic carbocycles. The molecule has 0 bridgehead atoms. The lowest BCUT2D eigenvalue weighted by Gasteiger charge is -2.33. The van der Waals surface area contributed by atoms with Gasteiger partial charge in [0.15, 0.2) is 10.9 Å². The third-order valence-electron chi connectivity index (χ3n) is 5.42. The van der Waals surface area contributed by atoms with Crippen molar-refractivity contribution in [1.82, 2.24) is 29.9 Å². The number of aryl methyl sites for hydroxylation is 2. The standard InChI is InChI=1S/C22H24Cl2N6OS/c1-13-8-14(2)26-22(25-13)32-12-19-20(21(31)29-7-5-4-6-15(29)3)27-28-30(19)18-10-16(23)9-17(24)11-18/h8-11,15H,4-7,12H2,1-3H3. The zero-order valence-corrected chi connectivity index (χ0v) is 20.5. The van der Waals surface area contributed by atoms with Gasteiger partial charge in [-0.3, -0.25) is 4.79 Å². The first-order valence-corrected chi connectivity index (χ1v) is 12.2. The molecule has 2 aromatic heterocycles. The van der Waals surface area contributed by atoms with Crippen molar-refractivity contribution in [2.24, 2.45) is 0 Å². The number of nitrogens with zero attached hydrogens (tertiary/aromatic N) is 6. The Kier molecular flexibility index (Phi) is 7.02. The van der Waals surface area contributed by atoms with E-state index in [4.69, 9.17) is 23.2 Å². The topological polar surface area (TPSA) is 76.8 Å². The molecule has 1 aliphatic rings. The highest BCUT2D eigenvalue weighted by Crippen LogP contribution is 2.28. The fourth-order valence-electron chi connectivity index (χ4n) is 3.89.